The minimum atomic E-state index is -0.773. The van der Waals surface area contributed by atoms with Gasteiger partial charge in [0.1, 0.15) is 0 Å². The van der Waals surface area contributed by atoms with Crippen molar-refractivity contribution in [3.05, 3.63) is 0 Å². The molecule has 3 N–H and O–H groups in total. The molecule has 0 saturated heterocycles. The zero-order valence-electron chi connectivity index (χ0n) is 8.08. The molecule has 3 heteroatoms. The largest absolute Gasteiger partial charge is 0.481 e. The monoisotopic (exact) mass is 173 g/mol. The molecule has 3 nitrogen and oxygen atoms in total. The smallest absolute Gasteiger partial charge is 0.307 e. The van der Waals surface area contributed by atoms with Crippen LogP contribution in [0.2, 0.25) is 0 Å². The van der Waals surface area contributed by atoms with Gasteiger partial charge < -0.3 is 10.8 Å². The average Bonchev–Trinajstić information content (AvgIpc) is 1.98. The van der Waals surface area contributed by atoms with Gasteiger partial charge in [-0.25, -0.2) is 0 Å². The number of carboxylic acid groups (broad SMARTS) is 1. The van der Waals surface area contributed by atoms with Gasteiger partial charge in [0.2, 0.25) is 0 Å². The maximum Gasteiger partial charge on any atom is 0.307 e. The van der Waals surface area contributed by atoms with Crippen LogP contribution >= 0.6 is 0 Å². The van der Waals surface area contributed by atoms with E-state index in [4.69, 9.17) is 10.8 Å². The molecule has 12 heavy (non-hydrogen) atoms. The number of carboxylic acids is 1. The number of nitrogens with two attached hydrogens (primary N) is 1. The number of carbonyl (C=O) groups is 1. The van der Waals surface area contributed by atoms with Crippen LogP contribution in [0, 0.1) is 17.8 Å². The van der Waals surface area contributed by atoms with Gasteiger partial charge in [0, 0.05) is 6.54 Å². The first-order valence-corrected chi connectivity index (χ1v) is 4.41. The van der Waals surface area contributed by atoms with E-state index < -0.39 is 5.97 Å². The second-order valence-corrected chi connectivity index (χ2v) is 3.73. The SMILES string of the molecule is CC(C)C(C)CC(CN)C(=O)O. The Hall–Kier alpha value is -0.570. The molecule has 72 valence electrons. The van der Waals surface area contributed by atoms with Gasteiger partial charge >= 0.3 is 5.97 Å². The van der Waals surface area contributed by atoms with Crippen molar-refractivity contribution in [1.29, 1.82) is 0 Å². The Morgan fingerprint density at radius 2 is 1.92 bits per heavy atom. The molecule has 0 heterocycles. The minimum Gasteiger partial charge on any atom is -0.481 e. The second-order valence-electron chi connectivity index (χ2n) is 3.73. The molecule has 2 unspecified atom stereocenters. The molecule has 0 amide bonds. The molecule has 0 aliphatic carbocycles. The highest BCUT2D eigenvalue weighted by Gasteiger charge is 2.19. The first kappa shape index (κ1) is 11.4. The summed E-state index contributed by atoms with van der Waals surface area (Å²) in [5.41, 5.74) is 5.34. The summed E-state index contributed by atoms with van der Waals surface area (Å²) >= 11 is 0. The fourth-order valence-electron chi connectivity index (χ4n) is 1.02. The van der Waals surface area contributed by atoms with Crippen molar-refractivity contribution < 1.29 is 9.90 Å². The van der Waals surface area contributed by atoms with Crippen LogP contribution in [0.5, 0.6) is 0 Å². The van der Waals surface area contributed by atoms with Gasteiger partial charge in [-0.1, -0.05) is 20.8 Å². The summed E-state index contributed by atoms with van der Waals surface area (Å²) in [5, 5.41) is 8.72. The third-order valence-electron chi connectivity index (χ3n) is 2.43. The Morgan fingerprint density at radius 1 is 1.42 bits per heavy atom. The Labute approximate surface area is 74.0 Å². The first-order chi connectivity index (χ1) is 5.49. The number of aliphatic carboxylic acids is 1. The van der Waals surface area contributed by atoms with Crippen molar-refractivity contribution in [2.75, 3.05) is 6.54 Å². The first-order valence-electron chi connectivity index (χ1n) is 4.41. The Balaban J connectivity index is 3.94. The topological polar surface area (TPSA) is 63.3 Å². The van der Waals surface area contributed by atoms with Crippen molar-refractivity contribution in [2.24, 2.45) is 23.5 Å². The lowest BCUT2D eigenvalue weighted by atomic mass is 9.88. The van der Waals surface area contributed by atoms with Crippen LogP contribution in [0.1, 0.15) is 27.2 Å². The molecule has 0 aliphatic heterocycles. The van der Waals surface area contributed by atoms with E-state index >= 15 is 0 Å². The van der Waals surface area contributed by atoms with Crippen molar-refractivity contribution in [3.8, 4) is 0 Å². The second kappa shape index (κ2) is 5.14. The highest BCUT2D eigenvalue weighted by Crippen LogP contribution is 2.19. The maximum atomic E-state index is 10.6. The van der Waals surface area contributed by atoms with Crippen LogP contribution in [0.3, 0.4) is 0 Å². The van der Waals surface area contributed by atoms with Gasteiger partial charge in [-0.15, -0.1) is 0 Å². The number of hydrogen-bond acceptors (Lipinski definition) is 2. The molecular formula is C9H19NO2. The highest BCUT2D eigenvalue weighted by molar-refractivity contribution is 5.70. The van der Waals surface area contributed by atoms with Gasteiger partial charge in [0.25, 0.3) is 0 Å². The summed E-state index contributed by atoms with van der Waals surface area (Å²) in [6.45, 7) is 6.50. The van der Waals surface area contributed by atoms with Crippen LogP contribution in [0.4, 0.5) is 0 Å². The van der Waals surface area contributed by atoms with Crippen LogP contribution in [0.25, 0.3) is 0 Å². The molecule has 0 aromatic carbocycles. The van der Waals surface area contributed by atoms with E-state index in [0.717, 1.165) is 0 Å². The van der Waals surface area contributed by atoms with Crippen molar-refractivity contribution in [1.82, 2.24) is 0 Å². The minimum absolute atomic E-state index is 0.242. The zero-order chi connectivity index (χ0) is 9.72. The normalized spacial score (nSPS) is 16.1. The molecule has 0 rings (SSSR count). The van der Waals surface area contributed by atoms with E-state index in [2.05, 4.69) is 20.8 Å². The van der Waals surface area contributed by atoms with E-state index in [-0.39, 0.29) is 12.5 Å². The van der Waals surface area contributed by atoms with Crippen molar-refractivity contribution in [2.45, 2.75) is 27.2 Å². The van der Waals surface area contributed by atoms with E-state index in [9.17, 15) is 4.79 Å². The summed E-state index contributed by atoms with van der Waals surface area (Å²) in [6, 6.07) is 0. The van der Waals surface area contributed by atoms with Crippen molar-refractivity contribution >= 4 is 5.97 Å². The van der Waals surface area contributed by atoms with Gasteiger partial charge in [-0.2, -0.15) is 0 Å². The zero-order valence-corrected chi connectivity index (χ0v) is 8.08. The van der Waals surface area contributed by atoms with Gasteiger partial charge in [0.05, 0.1) is 5.92 Å². The third kappa shape index (κ3) is 3.72. The van der Waals surface area contributed by atoms with E-state index in [0.29, 0.717) is 18.3 Å². The Bertz CT molecular complexity index is 145. The summed E-state index contributed by atoms with van der Waals surface area (Å²) < 4.78 is 0. The molecule has 0 aromatic rings. The average molecular weight is 173 g/mol. The molecule has 2 atom stereocenters. The summed E-state index contributed by atoms with van der Waals surface area (Å²) in [4.78, 5) is 10.6. The standard InChI is InChI=1S/C9H19NO2/c1-6(2)7(3)4-8(5-10)9(11)12/h6-8H,4-5,10H2,1-3H3,(H,11,12). The predicted molar refractivity (Wildman–Crippen MR) is 48.8 cm³/mol. The number of hydrogen-bond donors (Lipinski definition) is 2. The van der Waals surface area contributed by atoms with E-state index in [1.54, 1.807) is 0 Å². The summed E-state index contributed by atoms with van der Waals surface area (Å²) in [7, 11) is 0. The fraction of sp³-hybridized carbons (Fsp3) is 0.889. The fourth-order valence-corrected chi connectivity index (χ4v) is 1.02. The molecular weight excluding hydrogens is 154 g/mol. The molecule has 0 spiro atoms. The van der Waals surface area contributed by atoms with E-state index in [1.165, 1.54) is 0 Å². The molecule has 0 fully saturated rings. The maximum absolute atomic E-state index is 10.6. The Kier molecular flexibility index (Phi) is 4.90. The molecule has 0 aromatic heterocycles. The van der Waals surface area contributed by atoms with Crippen LogP contribution < -0.4 is 5.73 Å². The quantitative estimate of drug-likeness (QED) is 0.659. The number of rotatable bonds is 5. The van der Waals surface area contributed by atoms with Crippen LogP contribution in [-0.2, 0) is 4.79 Å². The lowest BCUT2D eigenvalue weighted by Crippen LogP contribution is -2.26. The van der Waals surface area contributed by atoms with Gasteiger partial charge in [-0.05, 0) is 18.3 Å². The molecule has 0 aliphatic rings. The summed E-state index contributed by atoms with van der Waals surface area (Å²) in [6.07, 6.45) is 0.684. The Morgan fingerprint density at radius 3 is 2.17 bits per heavy atom. The lowest BCUT2D eigenvalue weighted by Gasteiger charge is -2.18. The summed E-state index contributed by atoms with van der Waals surface area (Å²) in [5.74, 6) is -0.194. The molecule has 0 radical (unpaired) electrons. The van der Waals surface area contributed by atoms with Crippen LogP contribution in [0.15, 0.2) is 0 Å². The molecule has 0 saturated carbocycles. The predicted octanol–water partition coefficient (Wildman–Crippen LogP) is 1.33. The van der Waals surface area contributed by atoms with E-state index in [1.807, 2.05) is 0 Å². The van der Waals surface area contributed by atoms with Gasteiger partial charge in [0.15, 0.2) is 0 Å². The van der Waals surface area contributed by atoms with Crippen molar-refractivity contribution in [3.63, 3.8) is 0 Å². The van der Waals surface area contributed by atoms with Crippen LogP contribution in [-0.4, -0.2) is 17.6 Å². The molecule has 0 bridgehead atoms. The third-order valence-corrected chi connectivity index (χ3v) is 2.43. The lowest BCUT2D eigenvalue weighted by molar-refractivity contribution is -0.142. The van der Waals surface area contributed by atoms with Gasteiger partial charge in [-0.3, -0.25) is 4.79 Å². The highest BCUT2D eigenvalue weighted by atomic mass is 16.4.